The zero-order valence-electron chi connectivity index (χ0n) is 10.2. The molecule has 0 aromatic rings. The second-order valence-corrected chi connectivity index (χ2v) is 4.31. The number of ether oxygens (including phenoxy) is 3. The summed E-state index contributed by atoms with van der Waals surface area (Å²) in [4.78, 5) is 22.6. The molecule has 5 heteroatoms. The maximum Gasteiger partial charge on any atom is 0.306 e. The van der Waals surface area contributed by atoms with Crippen LogP contribution in [0.1, 0.15) is 19.8 Å². The summed E-state index contributed by atoms with van der Waals surface area (Å²) >= 11 is 0. The van der Waals surface area contributed by atoms with Crippen molar-refractivity contribution in [2.75, 3.05) is 0 Å². The first-order valence-corrected chi connectivity index (χ1v) is 5.93. The van der Waals surface area contributed by atoms with Gasteiger partial charge in [-0.2, -0.15) is 0 Å². The van der Waals surface area contributed by atoms with Gasteiger partial charge in [-0.05, 0) is 6.42 Å². The first kappa shape index (κ1) is 12.8. The zero-order chi connectivity index (χ0) is 13.1. The van der Waals surface area contributed by atoms with Crippen molar-refractivity contribution in [3.8, 4) is 0 Å². The van der Waals surface area contributed by atoms with E-state index in [2.05, 4.69) is 6.58 Å². The van der Waals surface area contributed by atoms with Crippen molar-refractivity contribution in [2.45, 2.75) is 44.2 Å². The Hall–Kier alpha value is -1.62. The van der Waals surface area contributed by atoms with Crippen molar-refractivity contribution in [1.29, 1.82) is 0 Å². The summed E-state index contributed by atoms with van der Waals surface area (Å²) in [5, 5.41) is 0. The zero-order valence-corrected chi connectivity index (χ0v) is 10.2. The van der Waals surface area contributed by atoms with Gasteiger partial charge in [0.25, 0.3) is 0 Å². The molecule has 1 saturated heterocycles. The van der Waals surface area contributed by atoms with Crippen LogP contribution < -0.4 is 0 Å². The predicted molar refractivity (Wildman–Crippen MR) is 62.7 cm³/mol. The number of allylic oxidation sites excluding steroid dienone is 1. The van der Waals surface area contributed by atoms with E-state index >= 15 is 0 Å². The lowest BCUT2D eigenvalue weighted by Gasteiger charge is -2.24. The van der Waals surface area contributed by atoms with E-state index in [1.165, 1.54) is 6.92 Å². The van der Waals surface area contributed by atoms with Gasteiger partial charge in [0, 0.05) is 13.3 Å². The molecule has 98 valence electrons. The largest absolute Gasteiger partial charge is 0.455 e. The van der Waals surface area contributed by atoms with E-state index < -0.39 is 18.2 Å². The number of carbonyl (C=O) groups excluding carboxylic acids is 2. The smallest absolute Gasteiger partial charge is 0.306 e. The molecule has 18 heavy (non-hydrogen) atoms. The third-order valence-corrected chi connectivity index (χ3v) is 2.90. The minimum atomic E-state index is -0.541. The minimum absolute atomic E-state index is 0.272. The lowest BCUT2D eigenvalue weighted by molar-refractivity contribution is -0.164. The maximum absolute atomic E-state index is 11.6. The second kappa shape index (κ2) is 5.35. The van der Waals surface area contributed by atoms with E-state index in [-0.39, 0.29) is 24.6 Å². The van der Waals surface area contributed by atoms with Gasteiger partial charge in [-0.1, -0.05) is 18.2 Å². The Balaban J connectivity index is 1.97. The lowest BCUT2D eigenvalue weighted by Crippen LogP contribution is -2.41. The molecule has 0 aromatic carbocycles. The Morgan fingerprint density at radius 2 is 1.89 bits per heavy atom. The van der Waals surface area contributed by atoms with E-state index in [0.717, 1.165) is 0 Å². The minimum Gasteiger partial charge on any atom is -0.455 e. The van der Waals surface area contributed by atoms with Crippen LogP contribution in [0.4, 0.5) is 0 Å². The first-order valence-electron chi connectivity index (χ1n) is 5.93. The third-order valence-electron chi connectivity index (χ3n) is 2.90. The molecule has 0 saturated carbocycles. The number of hydrogen-bond acceptors (Lipinski definition) is 5. The van der Waals surface area contributed by atoms with Gasteiger partial charge in [-0.15, -0.1) is 6.58 Å². The first-order chi connectivity index (χ1) is 8.61. The van der Waals surface area contributed by atoms with Crippen molar-refractivity contribution < 1.29 is 23.8 Å². The molecule has 2 aliphatic rings. The molecular weight excluding hydrogens is 236 g/mol. The van der Waals surface area contributed by atoms with Crippen LogP contribution >= 0.6 is 0 Å². The van der Waals surface area contributed by atoms with Crippen molar-refractivity contribution in [3.63, 3.8) is 0 Å². The molecule has 0 aliphatic carbocycles. The average molecular weight is 252 g/mol. The summed E-state index contributed by atoms with van der Waals surface area (Å²) in [7, 11) is 0. The van der Waals surface area contributed by atoms with Crippen molar-refractivity contribution in [3.05, 3.63) is 24.8 Å². The van der Waals surface area contributed by atoms with Crippen molar-refractivity contribution in [1.82, 2.24) is 0 Å². The predicted octanol–water partition coefficient (Wildman–Crippen LogP) is 1.13. The van der Waals surface area contributed by atoms with Gasteiger partial charge in [0.15, 0.2) is 12.2 Å². The van der Waals surface area contributed by atoms with E-state index in [0.29, 0.717) is 6.42 Å². The van der Waals surface area contributed by atoms with Crippen LogP contribution in [0.3, 0.4) is 0 Å². The van der Waals surface area contributed by atoms with Crippen LogP contribution in [0.2, 0.25) is 0 Å². The van der Waals surface area contributed by atoms with Crippen LogP contribution in [-0.2, 0) is 23.8 Å². The fourth-order valence-electron chi connectivity index (χ4n) is 2.13. The molecule has 5 nitrogen and oxygen atoms in total. The fraction of sp³-hybridized carbons (Fsp3) is 0.538. The van der Waals surface area contributed by atoms with E-state index in [4.69, 9.17) is 14.2 Å². The molecule has 0 N–H and O–H groups in total. The summed E-state index contributed by atoms with van der Waals surface area (Å²) in [5.74, 6) is -0.738. The molecule has 0 amide bonds. The van der Waals surface area contributed by atoms with Gasteiger partial charge in [0.2, 0.25) is 0 Å². The summed E-state index contributed by atoms with van der Waals surface area (Å²) in [5.41, 5.74) is 0. The number of rotatable bonds is 5. The van der Waals surface area contributed by atoms with Crippen LogP contribution in [0.25, 0.3) is 0 Å². The molecule has 2 bridgehead atoms. The standard InChI is InChI=1S/C13H16O5/c1-3-4-5-11(15)18-13-10-7-6-9(17-10)12(13)16-8(2)14/h3,6-7,9-10,12-13H,1,4-5H2,2H3/t9-,10+,12+,13-/m1/s1. The Kier molecular flexibility index (Phi) is 3.81. The highest BCUT2D eigenvalue weighted by atomic mass is 16.6. The molecule has 2 heterocycles. The Morgan fingerprint density at radius 1 is 1.28 bits per heavy atom. The number of fused-ring (bicyclic) bond motifs is 2. The summed E-state index contributed by atoms with van der Waals surface area (Å²) < 4.78 is 16.0. The summed E-state index contributed by atoms with van der Waals surface area (Å²) in [6.45, 7) is 4.87. The average Bonchev–Trinajstić information content (AvgIpc) is 2.89. The Morgan fingerprint density at radius 3 is 2.44 bits per heavy atom. The Bertz CT molecular complexity index is 387. The highest BCUT2D eigenvalue weighted by molar-refractivity contribution is 5.70. The van der Waals surface area contributed by atoms with E-state index in [1.54, 1.807) is 6.08 Å². The van der Waals surface area contributed by atoms with E-state index in [1.807, 2.05) is 12.2 Å². The van der Waals surface area contributed by atoms with E-state index in [9.17, 15) is 9.59 Å². The van der Waals surface area contributed by atoms with Crippen LogP contribution in [0.15, 0.2) is 24.8 Å². The Labute approximate surface area is 105 Å². The van der Waals surface area contributed by atoms with Gasteiger partial charge in [-0.3, -0.25) is 9.59 Å². The normalized spacial score (nSPS) is 32.3. The van der Waals surface area contributed by atoms with Gasteiger partial charge in [-0.25, -0.2) is 0 Å². The number of hydrogen-bond donors (Lipinski definition) is 0. The summed E-state index contributed by atoms with van der Waals surface area (Å²) in [6.07, 6.45) is 4.45. The monoisotopic (exact) mass is 252 g/mol. The molecule has 0 spiro atoms. The molecule has 4 atom stereocenters. The molecule has 0 radical (unpaired) electrons. The maximum atomic E-state index is 11.6. The van der Waals surface area contributed by atoms with Gasteiger partial charge in [0.05, 0.1) is 0 Å². The van der Waals surface area contributed by atoms with Crippen LogP contribution in [0, 0.1) is 0 Å². The van der Waals surface area contributed by atoms with Crippen molar-refractivity contribution >= 4 is 11.9 Å². The SMILES string of the molecule is C=CCCC(=O)O[C@H]1[C@@H](OC(C)=O)[C@H]2C=C[C@@H]1O2. The van der Waals surface area contributed by atoms with Gasteiger partial charge >= 0.3 is 11.9 Å². The molecule has 0 aromatic heterocycles. The number of esters is 2. The highest BCUT2D eigenvalue weighted by Gasteiger charge is 2.50. The lowest BCUT2D eigenvalue weighted by atomic mass is 10.0. The molecular formula is C13H16O5. The van der Waals surface area contributed by atoms with Gasteiger partial charge in [0.1, 0.15) is 12.2 Å². The van der Waals surface area contributed by atoms with Gasteiger partial charge < -0.3 is 14.2 Å². The molecule has 1 fully saturated rings. The van der Waals surface area contributed by atoms with Crippen molar-refractivity contribution in [2.24, 2.45) is 0 Å². The quantitative estimate of drug-likeness (QED) is 0.542. The van der Waals surface area contributed by atoms with Crippen LogP contribution in [0.5, 0.6) is 0 Å². The topological polar surface area (TPSA) is 61.8 Å². The third kappa shape index (κ3) is 2.61. The molecule has 2 rings (SSSR count). The highest BCUT2D eigenvalue weighted by Crippen LogP contribution is 2.33. The fourth-order valence-corrected chi connectivity index (χ4v) is 2.13. The second-order valence-electron chi connectivity index (χ2n) is 4.31. The molecule has 0 unspecified atom stereocenters. The summed E-state index contributed by atoms with van der Waals surface area (Å²) in [6, 6.07) is 0. The number of carbonyl (C=O) groups is 2. The van der Waals surface area contributed by atoms with Crippen LogP contribution in [-0.4, -0.2) is 36.4 Å². The molecule has 2 aliphatic heterocycles.